The highest BCUT2D eigenvalue weighted by atomic mass is 19.4. The topological polar surface area (TPSA) is 32.3 Å². The van der Waals surface area contributed by atoms with Crippen molar-refractivity contribution in [3.8, 4) is 0 Å². The fraction of sp³-hybridized carbons (Fsp3) is 0.933. The lowest BCUT2D eigenvalue weighted by atomic mass is 9.77. The van der Waals surface area contributed by atoms with Crippen molar-refractivity contribution in [2.45, 2.75) is 57.7 Å². The Bertz CT molecular complexity index is 353. The van der Waals surface area contributed by atoms with Crippen molar-refractivity contribution in [2.75, 3.05) is 19.6 Å². The minimum atomic E-state index is -4.26. The normalized spacial score (nSPS) is 30.4. The molecule has 2 aliphatic rings. The largest absolute Gasteiger partial charge is 0.392 e. The number of hydrogen-bond donors (Lipinski definition) is 1. The summed E-state index contributed by atoms with van der Waals surface area (Å²) < 4.78 is 39.6. The van der Waals surface area contributed by atoms with Crippen LogP contribution in [0.15, 0.2) is 0 Å². The predicted molar refractivity (Wildman–Crippen MR) is 74.8 cm³/mol. The summed E-state index contributed by atoms with van der Waals surface area (Å²) >= 11 is 0. The summed E-state index contributed by atoms with van der Waals surface area (Å²) in [5, 5.41) is 3.19. The van der Waals surface area contributed by atoms with Gasteiger partial charge in [-0.1, -0.05) is 19.8 Å². The van der Waals surface area contributed by atoms with Gasteiger partial charge in [-0.25, -0.2) is 0 Å². The summed E-state index contributed by atoms with van der Waals surface area (Å²) in [5.74, 6) is -2.59. The Morgan fingerprint density at radius 3 is 2.52 bits per heavy atom. The Hall–Kier alpha value is -0.780. The molecule has 6 heteroatoms. The molecule has 3 unspecified atom stereocenters. The molecule has 0 aromatic rings. The summed E-state index contributed by atoms with van der Waals surface area (Å²) in [6, 6.07) is 0.0632. The average Bonchev–Trinajstić information content (AvgIpc) is 2.97. The summed E-state index contributed by atoms with van der Waals surface area (Å²) in [7, 11) is 0. The number of carbonyl (C=O) groups is 1. The van der Waals surface area contributed by atoms with Gasteiger partial charge < -0.3 is 10.2 Å². The van der Waals surface area contributed by atoms with E-state index in [2.05, 4.69) is 5.32 Å². The number of halogens is 3. The van der Waals surface area contributed by atoms with Gasteiger partial charge in [-0.3, -0.25) is 4.79 Å². The molecule has 0 aromatic carbocycles. The zero-order valence-electron chi connectivity index (χ0n) is 12.6. The minimum absolute atomic E-state index is 0.0632. The van der Waals surface area contributed by atoms with Crippen LogP contribution in [0.5, 0.6) is 0 Å². The van der Waals surface area contributed by atoms with E-state index in [0.717, 1.165) is 25.8 Å². The summed E-state index contributed by atoms with van der Waals surface area (Å²) in [6.45, 7) is 4.07. The van der Waals surface area contributed by atoms with E-state index in [0.29, 0.717) is 25.9 Å². The number of rotatable bonds is 4. The lowest BCUT2D eigenvalue weighted by Gasteiger charge is -2.37. The van der Waals surface area contributed by atoms with Crippen LogP contribution in [0, 0.1) is 11.8 Å². The average molecular weight is 306 g/mol. The van der Waals surface area contributed by atoms with Crippen LogP contribution in [0.3, 0.4) is 0 Å². The molecule has 1 saturated heterocycles. The van der Waals surface area contributed by atoms with Gasteiger partial charge >= 0.3 is 6.18 Å². The van der Waals surface area contributed by atoms with Crippen LogP contribution in [0.1, 0.15) is 45.4 Å². The van der Waals surface area contributed by atoms with Crippen LogP contribution in [0.25, 0.3) is 0 Å². The van der Waals surface area contributed by atoms with Crippen LogP contribution in [-0.2, 0) is 4.79 Å². The molecule has 21 heavy (non-hydrogen) atoms. The minimum Gasteiger partial charge on any atom is -0.338 e. The van der Waals surface area contributed by atoms with E-state index in [1.54, 1.807) is 4.90 Å². The molecule has 1 saturated carbocycles. The molecular weight excluding hydrogens is 281 g/mol. The van der Waals surface area contributed by atoms with Crippen molar-refractivity contribution in [3.63, 3.8) is 0 Å². The van der Waals surface area contributed by atoms with Gasteiger partial charge in [0.05, 0.1) is 5.92 Å². The third kappa shape index (κ3) is 3.90. The highest BCUT2D eigenvalue weighted by Gasteiger charge is 2.49. The third-order valence-electron chi connectivity index (χ3n) is 4.73. The molecule has 1 amide bonds. The Morgan fingerprint density at radius 1 is 1.24 bits per heavy atom. The van der Waals surface area contributed by atoms with E-state index in [-0.39, 0.29) is 18.4 Å². The van der Waals surface area contributed by atoms with Gasteiger partial charge in [0.25, 0.3) is 0 Å². The summed E-state index contributed by atoms with van der Waals surface area (Å²) in [4.78, 5) is 14.4. The number of nitrogens with one attached hydrogen (secondary N) is 1. The van der Waals surface area contributed by atoms with Crippen molar-refractivity contribution < 1.29 is 18.0 Å². The molecular formula is C15H25F3N2O. The van der Waals surface area contributed by atoms with Crippen molar-refractivity contribution >= 4 is 5.91 Å². The SMILES string of the molecule is CCCN(C(=O)C1CCCCC1C(F)(F)F)C1CCNC1. The lowest BCUT2D eigenvalue weighted by molar-refractivity contribution is -0.201. The van der Waals surface area contributed by atoms with Crippen molar-refractivity contribution in [2.24, 2.45) is 11.8 Å². The molecule has 0 aromatic heterocycles. The molecule has 1 N–H and O–H groups in total. The Morgan fingerprint density at radius 2 is 1.95 bits per heavy atom. The highest BCUT2D eigenvalue weighted by molar-refractivity contribution is 5.79. The Labute approximate surface area is 124 Å². The van der Waals surface area contributed by atoms with E-state index in [4.69, 9.17) is 0 Å². The van der Waals surface area contributed by atoms with Crippen LogP contribution >= 0.6 is 0 Å². The molecule has 2 rings (SSSR count). The lowest BCUT2D eigenvalue weighted by Crippen LogP contribution is -2.49. The molecule has 0 bridgehead atoms. The maximum Gasteiger partial charge on any atom is 0.392 e. The van der Waals surface area contributed by atoms with Crippen LogP contribution in [-0.4, -0.2) is 42.7 Å². The molecule has 0 spiro atoms. The van der Waals surface area contributed by atoms with E-state index in [9.17, 15) is 18.0 Å². The smallest absolute Gasteiger partial charge is 0.338 e. The number of alkyl halides is 3. The molecule has 3 nitrogen and oxygen atoms in total. The molecule has 1 aliphatic carbocycles. The quantitative estimate of drug-likeness (QED) is 0.866. The third-order valence-corrected chi connectivity index (χ3v) is 4.73. The summed E-state index contributed by atoms with van der Waals surface area (Å²) in [5.41, 5.74) is 0. The molecule has 1 aliphatic heterocycles. The standard InChI is InChI=1S/C15H25F3N2O/c1-2-9-20(11-7-8-19-10-11)14(21)12-5-3-4-6-13(12)15(16,17)18/h11-13,19H,2-10H2,1H3. The molecule has 122 valence electrons. The Kier molecular flexibility index (Phi) is 5.52. The molecule has 0 radical (unpaired) electrons. The van der Waals surface area contributed by atoms with Crippen molar-refractivity contribution in [1.82, 2.24) is 10.2 Å². The number of nitrogens with zero attached hydrogens (tertiary/aromatic N) is 1. The van der Waals surface area contributed by atoms with Gasteiger partial charge in [0.2, 0.25) is 5.91 Å². The van der Waals surface area contributed by atoms with Gasteiger partial charge in [0.15, 0.2) is 0 Å². The zero-order chi connectivity index (χ0) is 15.5. The Balaban J connectivity index is 2.13. The van der Waals surface area contributed by atoms with E-state index >= 15 is 0 Å². The van der Waals surface area contributed by atoms with Gasteiger partial charge in [-0.15, -0.1) is 0 Å². The number of carbonyl (C=O) groups excluding carboxylic acids is 1. The molecule has 3 atom stereocenters. The van der Waals surface area contributed by atoms with Crippen LogP contribution < -0.4 is 5.32 Å². The monoisotopic (exact) mass is 306 g/mol. The van der Waals surface area contributed by atoms with Gasteiger partial charge in [-0.2, -0.15) is 13.2 Å². The van der Waals surface area contributed by atoms with Gasteiger partial charge in [-0.05, 0) is 32.2 Å². The van der Waals surface area contributed by atoms with Gasteiger partial charge in [0, 0.05) is 25.0 Å². The van der Waals surface area contributed by atoms with E-state index in [1.165, 1.54) is 0 Å². The van der Waals surface area contributed by atoms with Gasteiger partial charge in [0.1, 0.15) is 0 Å². The van der Waals surface area contributed by atoms with E-state index < -0.39 is 18.0 Å². The predicted octanol–water partition coefficient (Wildman–Crippen LogP) is 2.96. The second-order valence-corrected chi connectivity index (χ2v) is 6.22. The molecule has 2 fully saturated rings. The summed E-state index contributed by atoms with van der Waals surface area (Å²) in [6.07, 6.45) is -0.849. The van der Waals surface area contributed by atoms with Crippen LogP contribution in [0.4, 0.5) is 13.2 Å². The first-order valence-corrected chi connectivity index (χ1v) is 8.03. The maximum atomic E-state index is 13.2. The van der Waals surface area contributed by atoms with Crippen LogP contribution in [0.2, 0.25) is 0 Å². The fourth-order valence-corrected chi connectivity index (χ4v) is 3.65. The first-order chi connectivity index (χ1) is 9.95. The second kappa shape index (κ2) is 6.99. The van der Waals surface area contributed by atoms with Crippen molar-refractivity contribution in [3.05, 3.63) is 0 Å². The van der Waals surface area contributed by atoms with Crippen molar-refractivity contribution in [1.29, 1.82) is 0 Å². The second-order valence-electron chi connectivity index (χ2n) is 6.22. The van der Waals surface area contributed by atoms with E-state index in [1.807, 2.05) is 6.92 Å². The molecule has 1 heterocycles. The first-order valence-electron chi connectivity index (χ1n) is 8.03. The zero-order valence-corrected chi connectivity index (χ0v) is 12.6. The first kappa shape index (κ1) is 16.6. The highest BCUT2D eigenvalue weighted by Crippen LogP contribution is 2.42. The maximum absolute atomic E-state index is 13.2. The number of amides is 1. The fourth-order valence-electron chi connectivity index (χ4n) is 3.65. The number of hydrogen-bond acceptors (Lipinski definition) is 2.